The first-order chi connectivity index (χ1) is 17.2. The van der Waals surface area contributed by atoms with Crippen molar-refractivity contribution < 1.29 is 19.7 Å². The van der Waals surface area contributed by atoms with Crippen molar-refractivity contribution in [2.45, 2.75) is 71.3 Å². The van der Waals surface area contributed by atoms with Crippen molar-refractivity contribution in [3.8, 4) is 10.6 Å². The number of nitrogens with zero attached hydrogens (tertiary/aromatic N) is 4. The second-order valence-corrected chi connectivity index (χ2v) is 11.0. The van der Waals surface area contributed by atoms with E-state index in [0.29, 0.717) is 17.7 Å². The van der Waals surface area contributed by atoms with Gasteiger partial charge in [0.2, 0.25) is 5.95 Å². The van der Waals surface area contributed by atoms with Gasteiger partial charge >= 0.3 is 5.97 Å². The summed E-state index contributed by atoms with van der Waals surface area (Å²) in [4.78, 5) is 31.1. The number of anilines is 2. The van der Waals surface area contributed by atoms with Crippen LogP contribution in [-0.2, 0) is 9.53 Å². The lowest BCUT2D eigenvalue weighted by Gasteiger charge is -2.21. The Morgan fingerprint density at radius 3 is 2.64 bits per heavy atom. The molecule has 0 radical (unpaired) electrons. The standard InChI is InChI=1S/C25H32N6O4S/c1-11(2)35-24(34)15-9-16(21(33)20(15)32)29-22-18(12(3)28-25(31-22)27-10-14-5-6-14)23-30-19-13(4)26-8-7-17(19)36-23/h7-8,11,14-16,20-21,32-33H,5-6,9-10H2,1-4H3,(H2,27,28,29,31)/t15-,16+,20+,21-/m0/s1. The van der Waals surface area contributed by atoms with Crippen LogP contribution in [0.1, 0.15) is 44.5 Å². The van der Waals surface area contributed by atoms with Gasteiger partial charge in [0.15, 0.2) is 0 Å². The van der Waals surface area contributed by atoms with Crippen molar-refractivity contribution in [2.24, 2.45) is 11.8 Å². The summed E-state index contributed by atoms with van der Waals surface area (Å²) in [5.41, 5.74) is 3.12. The number of aliphatic hydroxyl groups is 2. The highest BCUT2D eigenvalue weighted by Gasteiger charge is 2.46. The Balaban J connectivity index is 1.49. The summed E-state index contributed by atoms with van der Waals surface area (Å²) >= 11 is 1.52. The molecule has 3 aromatic rings. The van der Waals surface area contributed by atoms with Crippen LogP contribution in [0.15, 0.2) is 12.3 Å². The van der Waals surface area contributed by atoms with Crippen LogP contribution < -0.4 is 10.6 Å². The number of aromatic nitrogens is 4. The molecule has 2 fully saturated rings. The number of aryl methyl sites for hydroxylation is 2. The van der Waals surface area contributed by atoms with Crippen LogP contribution >= 0.6 is 11.3 Å². The Morgan fingerprint density at radius 2 is 1.94 bits per heavy atom. The van der Waals surface area contributed by atoms with E-state index in [4.69, 9.17) is 14.7 Å². The molecule has 0 aliphatic heterocycles. The third-order valence-corrected chi connectivity index (χ3v) is 7.74. The molecule has 10 nitrogen and oxygen atoms in total. The third kappa shape index (κ3) is 5.00. The van der Waals surface area contributed by atoms with E-state index >= 15 is 0 Å². The first-order valence-corrected chi connectivity index (χ1v) is 13.2. The van der Waals surface area contributed by atoms with E-state index in [1.807, 2.05) is 19.9 Å². The molecule has 0 unspecified atom stereocenters. The first-order valence-electron chi connectivity index (χ1n) is 12.4. The quantitative estimate of drug-likeness (QED) is 0.333. The van der Waals surface area contributed by atoms with Gasteiger partial charge in [0, 0.05) is 12.7 Å². The molecule has 0 amide bonds. The van der Waals surface area contributed by atoms with E-state index in [1.165, 1.54) is 24.2 Å². The van der Waals surface area contributed by atoms with Gasteiger partial charge in [-0.1, -0.05) is 0 Å². The van der Waals surface area contributed by atoms with E-state index in [-0.39, 0.29) is 12.5 Å². The molecule has 4 atom stereocenters. The summed E-state index contributed by atoms with van der Waals surface area (Å²) < 4.78 is 6.31. The van der Waals surface area contributed by atoms with E-state index in [1.54, 1.807) is 20.0 Å². The van der Waals surface area contributed by atoms with Crippen molar-refractivity contribution in [1.82, 2.24) is 19.9 Å². The summed E-state index contributed by atoms with van der Waals surface area (Å²) in [5, 5.41) is 28.8. The lowest BCUT2D eigenvalue weighted by Crippen LogP contribution is -2.37. The number of pyridine rings is 1. The minimum atomic E-state index is -1.23. The lowest BCUT2D eigenvalue weighted by atomic mass is 10.1. The summed E-state index contributed by atoms with van der Waals surface area (Å²) in [6.45, 7) is 8.15. The smallest absolute Gasteiger partial charge is 0.312 e. The van der Waals surface area contributed by atoms with Crippen LogP contribution in [0.3, 0.4) is 0 Å². The average molecular weight is 513 g/mol. The highest BCUT2D eigenvalue weighted by molar-refractivity contribution is 7.21. The number of thiazole rings is 1. The largest absolute Gasteiger partial charge is 0.463 e. The Morgan fingerprint density at radius 1 is 1.17 bits per heavy atom. The van der Waals surface area contributed by atoms with E-state index < -0.39 is 30.1 Å². The van der Waals surface area contributed by atoms with Gasteiger partial charge in [-0.15, -0.1) is 11.3 Å². The van der Waals surface area contributed by atoms with E-state index in [0.717, 1.165) is 38.7 Å². The molecule has 11 heteroatoms. The molecule has 3 heterocycles. The van der Waals surface area contributed by atoms with Gasteiger partial charge in [-0.3, -0.25) is 9.78 Å². The second-order valence-electron chi connectivity index (χ2n) is 10.0. The van der Waals surface area contributed by atoms with Gasteiger partial charge in [0.1, 0.15) is 22.4 Å². The van der Waals surface area contributed by atoms with Crippen molar-refractivity contribution in [1.29, 1.82) is 0 Å². The number of carbonyl (C=O) groups excluding carboxylic acids is 1. The number of ether oxygens (including phenoxy) is 1. The van der Waals surface area contributed by atoms with E-state index in [9.17, 15) is 15.0 Å². The number of nitrogens with one attached hydrogen (secondary N) is 2. The molecule has 0 bridgehead atoms. The fourth-order valence-corrected chi connectivity index (χ4v) is 5.67. The average Bonchev–Trinajstić information content (AvgIpc) is 3.48. The van der Waals surface area contributed by atoms with Crippen molar-refractivity contribution in [3.63, 3.8) is 0 Å². The van der Waals surface area contributed by atoms with Crippen LogP contribution in [0.2, 0.25) is 0 Å². The van der Waals surface area contributed by atoms with Gasteiger partial charge in [-0.2, -0.15) is 4.98 Å². The van der Waals surface area contributed by atoms with E-state index in [2.05, 4.69) is 20.6 Å². The Kier molecular flexibility index (Phi) is 6.80. The maximum Gasteiger partial charge on any atom is 0.312 e. The van der Waals surface area contributed by atoms with Crippen LogP contribution in [-0.4, -0.2) is 67.0 Å². The van der Waals surface area contributed by atoms with Gasteiger partial charge in [0.25, 0.3) is 0 Å². The molecule has 5 rings (SSSR count). The van der Waals surface area contributed by atoms with Gasteiger partial charge in [0.05, 0.1) is 45.8 Å². The summed E-state index contributed by atoms with van der Waals surface area (Å²) in [6.07, 6.45) is 1.68. The van der Waals surface area contributed by atoms with Crippen LogP contribution in [0.25, 0.3) is 20.8 Å². The SMILES string of the molecule is Cc1nc(NCC2CC2)nc(N[C@@H]2C[C@H](C(=O)OC(C)C)[C@@H](O)[C@H]2O)c1-c1nc2c(C)nccc2s1. The molecule has 2 aliphatic rings. The fourth-order valence-electron chi connectivity index (χ4n) is 4.56. The highest BCUT2D eigenvalue weighted by atomic mass is 32.1. The molecule has 3 aromatic heterocycles. The Labute approximate surface area is 213 Å². The maximum atomic E-state index is 12.5. The normalized spacial score (nSPS) is 23.9. The number of carbonyl (C=O) groups is 1. The predicted octanol–water partition coefficient (Wildman–Crippen LogP) is 3.06. The van der Waals surface area contributed by atoms with Gasteiger partial charge in [-0.05, 0) is 58.9 Å². The topological polar surface area (TPSA) is 142 Å². The zero-order valence-corrected chi connectivity index (χ0v) is 21.7. The Hall–Kier alpha value is -2.89. The fraction of sp³-hybridized carbons (Fsp3) is 0.560. The second kappa shape index (κ2) is 9.87. The molecule has 2 saturated carbocycles. The van der Waals surface area contributed by atoms with Crippen LogP contribution in [0.5, 0.6) is 0 Å². The molecular weight excluding hydrogens is 480 g/mol. The molecule has 0 spiro atoms. The summed E-state index contributed by atoms with van der Waals surface area (Å²) in [6, 6.07) is 1.33. The molecule has 192 valence electrons. The van der Waals surface area contributed by atoms with Gasteiger partial charge in [-0.25, -0.2) is 9.97 Å². The predicted molar refractivity (Wildman–Crippen MR) is 138 cm³/mol. The third-order valence-electron chi connectivity index (χ3n) is 6.70. The number of fused-ring (bicyclic) bond motifs is 1. The monoisotopic (exact) mass is 512 g/mol. The minimum absolute atomic E-state index is 0.212. The lowest BCUT2D eigenvalue weighted by molar-refractivity contribution is -0.156. The first kappa shape index (κ1) is 24.8. The highest BCUT2D eigenvalue weighted by Crippen LogP contribution is 2.39. The number of hydrogen-bond acceptors (Lipinski definition) is 11. The molecule has 0 aromatic carbocycles. The zero-order valence-electron chi connectivity index (χ0n) is 20.9. The van der Waals surface area contributed by atoms with Crippen molar-refractivity contribution in [3.05, 3.63) is 23.7 Å². The van der Waals surface area contributed by atoms with Crippen LogP contribution in [0.4, 0.5) is 11.8 Å². The number of esters is 1. The van der Waals surface area contributed by atoms with Crippen molar-refractivity contribution >= 4 is 39.3 Å². The molecule has 2 aliphatic carbocycles. The van der Waals surface area contributed by atoms with Gasteiger partial charge < -0.3 is 25.6 Å². The summed E-state index contributed by atoms with van der Waals surface area (Å²) in [7, 11) is 0. The number of aliphatic hydroxyl groups excluding tert-OH is 2. The number of rotatable bonds is 8. The molecular formula is C25H32N6O4S. The maximum absolute atomic E-state index is 12.5. The van der Waals surface area contributed by atoms with Crippen molar-refractivity contribution in [2.75, 3.05) is 17.2 Å². The summed E-state index contributed by atoms with van der Waals surface area (Å²) in [5.74, 6) is 0.299. The Bertz CT molecular complexity index is 1280. The minimum Gasteiger partial charge on any atom is -0.463 e. The molecule has 4 N–H and O–H groups in total. The number of hydrogen-bond donors (Lipinski definition) is 4. The molecule has 36 heavy (non-hydrogen) atoms. The zero-order chi connectivity index (χ0) is 25.6. The molecule has 0 saturated heterocycles. The van der Waals surface area contributed by atoms with Crippen LogP contribution in [0, 0.1) is 25.7 Å².